The number of aromatic amines is 1. The number of aliphatic hydroxyl groups excluding tert-OH is 3. The van der Waals surface area contributed by atoms with E-state index in [-0.39, 0.29) is 53.8 Å². The van der Waals surface area contributed by atoms with E-state index in [0.29, 0.717) is 35.4 Å². The fourth-order valence-electron chi connectivity index (χ4n) is 9.96. The van der Waals surface area contributed by atoms with Gasteiger partial charge < -0.3 is 64.4 Å². The second kappa shape index (κ2) is 18.9. The first-order valence-corrected chi connectivity index (χ1v) is 22.5. The van der Waals surface area contributed by atoms with Gasteiger partial charge in [-0.15, -0.1) is 0 Å². The van der Waals surface area contributed by atoms with Crippen molar-refractivity contribution in [2.75, 3.05) is 47.1 Å². The predicted octanol–water partition coefficient (Wildman–Crippen LogP) is 5.38. The summed E-state index contributed by atoms with van der Waals surface area (Å²) in [6.07, 6.45) is 3.17. The Morgan fingerprint density at radius 3 is 2.63 bits per heavy atom. The fraction of sp³-hybridized carbons (Fsp3) is 0.440. The van der Waals surface area contributed by atoms with E-state index >= 15 is 0 Å². The third-order valence-electron chi connectivity index (χ3n) is 13.6. The summed E-state index contributed by atoms with van der Waals surface area (Å²) >= 11 is 0. The molecule has 4 aromatic carbocycles. The highest BCUT2D eigenvalue weighted by atomic mass is 16.7. The molecular formula is C50H57N3O12. The van der Waals surface area contributed by atoms with Gasteiger partial charge >= 0.3 is 0 Å². The first-order chi connectivity index (χ1) is 31.5. The van der Waals surface area contributed by atoms with Gasteiger partial charge in [0.25, 0.3) is 5.91 Å². The van der Waals surface area contributed by atoms with Crippen molar-refractivity contribution in [3.05, 3.63) is 106 Å². The molecule has 65 heavy (non-hydrogen) atoms. The number of hydrogen-bond donors (Lipinski definition) is 7. The number of fused-ring (bicyclic) bond motifs is 7. The monoisotopic (exact) mass is 891 g/mol. The molecular weight excluding hydrogens is 835 g/mol. The zero-order valence-corrected chi connectivity index (χ0v) is 36.6. The second-order valence-corrected chi connectivity index (χ2v) is 17.7. The quantitative estimate of drug-likeness (QED) is 0.0552. The molecule has 15 nitrogen and oxygen atoms in total. The van der Waals surface area contributed by atoms with Crippen molar-refractivity contribution < 1.29 is 58.8 Å². The number of aromatic nitrogens is 1. The molecule has 3 aliphatic heterocycles. The zero-order valence-electron chi connectivity index (χ0n) is 36.6. The molecule has 0 spiro atoms. The number of rotatable bonds is 14. The number of benzene rings is 4. The number of Topliss-reactive ketones (excluding diaryl/α,β-unsaturated/α-hetero) is 1. The number of methoxy groups -OCH3 is 2. The summed E-state index contributed by atoms with van der Waals surface area (Å²) in [7, 11) is 3.18. The molecule has 1 saturated heterocycles. The molecule has 1 saturated carbocycles. The molecule has 4 heterocycles. The maximum Gasteiger partial charge on any atom is 0.254 e. The smallest absolute Gasteiger partial charge is 0.254 e. The van der Waals surface area contributed by atoms with Gasteiger partial charge in [0.2, 0.25) is 6.29 Å². The highest BCUT2D eigenvalue weighted by molar-refractivity contribution is 6.11. The minimum Gasteiger partial charge on any atom is -0.506 e. The molecule has 1 aromatic heterocycles. The van der Waals surface area contributed by atoms with Crippen molar-refractivity contribution in [2.24, 2.45) is 0 Å². The van der Waals surface area contributed by atoms with Gasteiger partial charge in [0.05, 0.1) is 43.4 Å². The Bertz CT molecular complexity index is 2600. The van der Waals surface area contributed by atoms with Gasteiger partial charge in [0, 0.05) is 55.0 Å². The van der Waals surface area contributed by atoms with Crippen molar-refractivity contribution in [2.45, 2.75) is 93.8 Å². The van der Waals surface area contributed by atoms with Crippen LogP contribution < -0.4 is 14.8 Å². The van der Waals surface area contributed by atoms with Gasteiger partial charge in [0.1, 0.15) is 41.7 Å². The number of carbonyl (C=O) groups is 2. The molecule has 0 unspecified atom stereocenters. The number of unbranched alkanes of at least 4 members (excludes halogenated alkanes) is 1. The number of phenolic OH excluding ortho intramolecular Hbond substituents is 1. The summed E-state index contributed by atoms with van der Waals surface area (Å²) in [6, 6.07) is 16.9. The van der Waals surface area contributed by atoms with Crippen molar-refractivity contribution in [3.8, 4) is 17.2 Å². The SMILES string of the molecule is COCCCCNCc1ccc2[nH]cc([C@H]3/C=C/c4c(OC)cc5cc(C6CCCC6)c(C(=O)CN6Cc7ccccc7C6=O)c(O)c5c4O[C@H]4O[C@H](CO3)[C@@H](O)[C@H](O)[C@]4(O)CO)c2c1. The van der Waals surface area contributed by atoms with Crippen LogP contribution in [-0.2, 0) is 27.3 Å². The number of nitrogens with zero attached hydrogens (tertiary/aromatic N) is 1. The van der Waals surface area contributed by atoms with Crippen LogP contribution in [0.5, 0.6) is 17.2 Å². The molecule has 2 fully saturated rings. The third kappa shape index (κ3) is 8.40. The molecule has 6 atom stereocenters. The standard InChI is InChI=1S/C50H57N3O12/c1-61-18-8-7-17-51-22-28-13-15-37-35(19-28)36(23-52-37)39-16-14-33-40(62-2)21-31-20-34(29-9-3-4-10-29)43(38(55)25-53-24-30-11-5-6-12-32(30)48(53)59)45(57)42(31)46(33)65-49-50(60,27-54)47(58)44(56)41(64-49)26-63-39/h5-6,11-16,19-21,23,29,39,41,44,47,49,51-52,54,56-58,60H,3-4,7-10,17-18,22,24-27H2,1-2H3/b16-14+/t39-,41-,44-,47+,49-,50-/m1/s1. The Morgan fingerprint density at radius 1 is 1.05 bits per heavy atom. The van der Waals surface area contributed by atoms with E-state index in [0.717, 1.165) is 72.7 Å². The predicted molar refractivity (Wildman–Crippen MR) is 241 cm³/mol. The van der Waals surface area contributed by atoms with E-state index in [2.05, 4.69) is 16.4 Å². The number of aromatic hydroxyl groups is 1. The van der Waals surface area contributed by atoms with Crippen LogP contribution in [0.25, 0.3) is 27.8 Å². The number of aliphatic hydroxyl groups is 4. The average molecular weight is 892 g/mol. The summed E-state index contributed by atoms with van der Waals surface area (Å²) in [5.41, 5.74) is 2.41. The first-order valence-electron chi connectivity index (χ1n) is 22.5. The molecule has 1 amide bonds. The number of hydrogen-bond acceptors (Lipinski definition) is 13. The van der Waals surface area contributed by atoms with Crippen molar-refractivity contribution >= 4 is 39.4 Å². The second-order valence-electron chi connectivity index (χ2n) is 17.7. The summed E-state index contributed by atoms with van der Waals surface area (Å²) in [5.74, 6) is -0.962. The number of ether oxygens (including phenoxy) is 5. The lowest BCUT2D eigenvalue weighted by Gasteiger charge is -2.47. The maximum atomic E-state index is 14.7. The van der Waals surface area contributed by atoms with E-state index in [1.54, 1.807) is 37.5 Å². The zero-order chi connectivity index (χ0) is 45.4. The lowest BCUT2D eigenvalue weighted by atomic mass is 9.86. The first kappa shape index (κ1) is 44.8. The van der Waals surface area contributed by atoms with Gasteiger partial charge in [-0.05, 0) is 96.6 Å². The molecule has 7 N–H and O–H groups in total. The molecule has 0 radical (unpaired) electrons. The highest BCUT2D eigenvalue weighted by Crippen LogP contribution is 2.50. The van der Waals surface area contributed by atoms with Crippen LogP contribution >= 0.6 is 0 Å². The molecule has 15 heteroatoms. The van der Waals surface area contributed by atoms with Crippen LogP contribution in [0.2, 0.25) is 0 Å². The minimum absolute atomic E-state index is 0.0513. The van der Waals surface area contributed by atoms with Crippen LogP contribution in [-0.4, -0.2) is 124 Å². The Hall–Kier alpha value is -5.36. The van der Waals surface area contributed by atoms with Crippen molar-refractivity contribution in [1.29, 1.82) is 0 Å². The Kier molecular flexibility index (Phi) is 13.0. The third-order valence-corrected chi connectivity index (χ3v) is 13.6. The topological polar surface area (TPSA) is 212 Å². The van der Waals surface area contributed by atoms with Gasteiger partial charge in [-0.2, -0.15) is 0 Å². The highest BCUT2D eigenvalue weighted by Gasteiger charge is 2.56. The molecule has 1 aliphatic carbocycles. The van der Waals surface area contributed by atoms with E-state index in [1.165, 1.54) is 12.0 Å². The van der Waals surface area contributed by atoms with E-state index < -0.39 is 54.4 Å². The summed E-state index contributed by atoms with van der Waals surface area (Å²) in [6.45, 7) is 0.782. The molecule has 344 valence electrons. The lowest BCUT2D eigenvalue weighted by Crippen LogP contribution is -2.69. The van der Waals surface area contributed by atoms with E-state index in [9.17, 15) is 35.1 Å². The summed E-state index contributed by atoms with van der Waals surface area (Å²) in [5, 5.41) is 62.8. The normalized spacial score (nSPS) is 25.0. The minimum atomic E-state index is -2.56. The van der Waals surface area contributed by atoms with Crippen LogP contribution in [0.3, 0.4) is 0 Å². The van der Waals surface area contributed by atoms with Crippen molar-refractivity contribution in [3.63, 3.8) is 0 Å². The number of carbonyl (C=O) groups excluding carboxylic acids is 2. The molecule has 9 rings (SSSR count). The lowest BCUT2D eigenvalue weighted by molar-refractivity contribution is -0.329. The van der Waals surface area contributed by atoms with Crippen molar-refractivity contribution in [1.82, 2.24) is 15.2 Å². The number of nitrogens with one attached hydrogen (secondary N) is 2. The van der Waals surface area contributed by atoms with Crippen LogP contribution in [0.4, 0.5) is 0 Å². The molecule has 4 aliphatic rings. The van der Waals surface area contributed by atoms with Crippen LogP contribution in [0.1, 0.15) is 99.1 Å². The Morgan fingerprint density at radius 2 is 1.86 bits per heavy atom. The Balaban J connectivity index is 1.17. The van der Waals surface area contributed by atoms with E-state index in [1.807, 2.05) is 36.5 Å². The van der Waals surface area contributed by atoms with Crippen LogP contribution in [0.15, 0.2) is 66.9 Å². The fourth-order valence-corrected chi connectivity index (χ4v) is 9.96. The number of ketones is 1. The largest absolute Gasteiger partial charge is 0.506 e. The Labute approximate surface area is 376 Å². The molecule has 2 bridgehead atoms. The number of H-pyrrole nitrogens is 1. The van der Waals surface area contributed by atoms with Crippen LogP contribution in [0, 0.1) is 0 Å². The average Bonchev–Trinajstić information content (AvgIpc) is 4.07. The van der Waals surface area contributed by atoms with Gasteiger partial charge in [-0.1, -0.05) is 43.2 Å². The van der Waals surface area contributed by atoms with Gasteiger partial charge in [0.15, 0.2) is 11.4 Å². The number of amides is 1. The summed E-state index contributed by atoms with van der Waals surface area (Å²) < 4.78 is 30.5. The maximum absolute atomic E-state index is 14.7. The molecule has 5 aromatic rings. The van der Waals surface area contributed by atoms with Gasteiger partial charge in [-0.3, -0.25) is 9.59 Å². The number of phenols is 1. The van der Waals surface area contributed by atoms with Gasteiger partial charge in [-0.25, -0.2) is 0 Å². The van der Waals surface area contributed by atoms with E-state index in [4.69, 9.17) is 23.7 Å². The summed E-state index contributed by atoms with van der Waals surface area (Å²) in [4.78, 5) is 33.0.